The second kappa shape index (κ2) is 6.59. The summed E-state index contributed by atoms with van der Waals surface area (Å²) in [5.41, 5.74) is 7.18. The molecule has 1 saturated carbocycles. The van der Waals surface area contributed by atoms with Crippen LogP contribution in [0.1, 0.15) is 44.7 Å². The Hall–Kier alpha value is -1.78. The van der Waals surface area contributed by atoms with Crippen molar-refractivity contribution in [1.29, 1.82) is 0 Å². The molecular weight excluding hydrogens is 252 g/mol. The SMILES string of the molecule is CCC1CCC(N(C)c2ccnc(C(N)=NO)c2)CC1. The van der Waals surface area contributed by atoms with Crippen LogP contribution in [0.4, 0.5) is 5.69 Å². The first-order chi connectivity index (χ1) is 9.65. The lowest BCUT2D eigenvalue weighted by Gasteiger charge is -2.35. The molecule has 20 heavy (non-hydrogen) atoms. The number of amidine groups is 1. The number of hydrogen-bond acceptors (Lipinski definition) is 4. The lowest BCUT2D eigenvalue weighted by molar-refractivity contribution is 0.313. The van der Waals surface area contributed by atoms with Crippen molar-refractivity contribution in [3.63, 3.8) is 0 Å². The Bertz CT molecular complexity index is 467. The second-order valence-corrected chi connectivity index (χ2v) is 5.58. The van der Waals surface area contributed by atoms with Gasteiger partial charge in [-0.1, -0.05) is 18.5 Å². The van der Waals surface area contributed by atoms with E-state index in [9.17, 15) is 0 Å². The number of pyridine rings is 1. The van der Waals surface area contributed by atoms with Crippen LogP contribution in [0.5, 0.6) is 0 Å². The van der Waals surface area contributed by atoms with Crippen LogP contribution in [0.3, 0.4) is 0 Å². The highest BCUT2D eigenvalue weighted by molar-refractivity contribution is 5.95. The van der Waals surface area contributed by atoms with Crippen LogP contribution in [-0.4, -0.2) is 29.1 Å². The molecular formula is C15H24N4O. The fourth-order valence-corrected chi connectivity index (χ4v) is 2.98. The molecule has 110 valence electrons. The third-order valence-electron chi connectivity index (χ3n) is 4.46. The smallest absolute Gasteiger partial charge is 0.188 e. The van der Waals surface area contributed by atoms with E-state index < -0.39 is 0 Å². The van der Waals surface area contributed by atoms with Gasteiger partial charge >= 0.3 is 0 Å². The van der Waals surface area contributed by atoms with Crippen molar-refractivity contribution >= 4 is 11.5 Å². The van der Waals surface area contributed by atoms with E-state index in [4.69, 9.17) is 10.9 Å². The molecule has 0 radical (unpaired) electrons. The van der Waals surface area contributed by atoms with Crippen LogP contribution in [0.2, 0.25) is 0 Å². The van der Waals surface area contributed by atoms with E-state index in [0.717, 1.165) is 11.6 Å². The molecule has 0 aromatic carbocycles. The first kappa shape index (κ1) is 14.6. The van der Waals surface area contributed by atoms with Gasteiger partial charge in [-0.05, 0) is 43.7 Å². The quantitative estimate of drug-likeness (QED) is 0.383. The van der Waals surface area contributed by atoms with Gasteiger partial charge < -0.3 is 15.8 Å². The van der Waals surface area contributed by atoms with Crippen LogP contribution in [0, 0.1) is 5.92 Å². The molecule has 1 fully saturated rings. The molecule has 2 rings (SSSR count). The van der Waals surface area contributed by atoms with E-state index in [1.807, 2.05) is 12.1 Å². The van der Waals surface area contributed by atoms with E-state index in [1.165, 1.54) is 32.1 Å². The number of aromatic nitrogens is 1. The van der Waals surface area contributed by atoms with Crippen molar-refractivity contribution in [3.05, 3.63) is 24.0 Å². The van der Waals surface area contributed by atoms with Gasteiger partial charge in [-0.15, -0.1) is 0 Å². The Labute approximate surface area is 120 Å². The zero-order chi connectivity index (χ0) is 14.5. The third-order valence-corrected chi connectivity index (χ3v) is 4.46. The Balaban J connectivity index is 2.08. The maximum absolute atomic E-state index is 8.73. The van der Waals surface area contributed by atoms with Crippen LogP contribution < -0.4 is 10.6 Å². The molecule has 1 aliphatic carbocycles. The summed E-state index contributed by atoms with van der Waals surface area (Å²) >= 11 is 0. The molecule has 0 atom stereocenters. The summed E-state index contributed by atoms with van der Waals surface area (Å²) in [5, 5.41) is 11.7. The van der Waals surface area contributed by atoms with Crippen LogP contribution in [0.25, 0.3) is 0 Å². The van der Waals surface area contributed by atoms with E-state index >= 15 is 0 Å². The Kier molecular flexibility index (Phi) is 4.82. The lowest BCUT2D eigenvalue weighted by atomic mass is 9.84. The van der Waals surface area contributed by atoms with E-state index in [2.05, 4.69) is 29.0 Å². The monoisotopic (exact) mass is 276 g/mol. The molecule has 5 nitrogen and oxygen atoms in total. The highest BCUT2D eigenvalue weighted by Gasteiger charge is 2.23. The van der Waals surface area contributed by atoms with E-state index in [1.54, 1.807) is 6.20 Å². The average Bonchev–Trinajstić information content (AvgIpc) is 2.53. The van der Waals surface area contributed by atoms with E-state index in [-0.39, 0.29) is 5.84 Å². The minimum atomic E-state index is 0.0509. The summed E-state index contributed by atoms with van der Waals surface area (Å²) in [6.45, 7) is 2.28. The van der Waals surface area contributed by atoms with Gasteiger partial charge in [0.2, 0.25) is 0 Å². The number of rotatable bonds is 4. The maximum atomic E-state index is 8.73. The van der Waals surface area contributed by atoms with Gasteiger partial charge in [-0.25, -0.2) is 0 Å². The molecule has 3 N–H and O–H groups in total. The van der Waals surface area contributed by atoms with Crippen molar-refractivity contribution in [1.82, 2.24) is 4.98 Å². The first-order valence-corrected chi connectivity index (χ1v) is 7.32. The molecule has 5 heteroatoms. The minimum absolute atomic E-state index is 0.0509. The summed E-state index contributed by atoms with van der Waals surface area (Å²) in [7, 11) is 2.11. The number of nitrogens with two attached hydrogens (primary N) is 1. The summed E-state index contributed by atoms with van der Waals surface area (Å²) < 4.78 is 0. The number of oxime groups is 1. The Morgan fingerprint density at radius 1 is 1.45 bits per heavy atom. The molecule has 1 aliphatic rings. The zero-order valence-electron chi connectivity index (χ0n) is 12.3. The Morgan fingerprint density at radius 3 is 2.75 bits per heavy atom. The highest BCUT2D eigenvalue weighted by atomic mass is 16.4. The van der Waals surface area contributed by atoms with Crippen molar-refractivity contribution < 1.29 is 5.21 Å². The molecule has 1 aromatic heterocycles. The molecule has 0 spiro atoms. The summed E-state index contributed by atoms with van der Waals surface area (Å²) in [6.07, 6.45) is 8.08. The lowest BCUT2D eigenvalue weighted by Crippen LogP contribution is -2.35. The van der Waals surface area contributed by atoms with Gasteiger partial charge in [0.1, 0.15) is 5.69 Å². The molecule has 0 aliphatic heterocycles. The summed E-state index contributed by atoms with van der Waals surface area (Å²) in [6, 6.07) is 4.42. The van der Waals surface area contributed by atoms with Crippen molar-refractivity contribution in [2.45, 2.75) is 45.1 Å². The van der Waals surface area contributed by atoms with Gasteiger partial charge in [-0.3, -0.25) is 4.98 Å². The fraction of sp³-hybridized carbons (Fsp3) is 0.600. The first-order valence-electron chi connectivity index (χ1n) is 7.32. The maximum Gasteiger partial charge on any atom is 0.188 e. The number of anilines is 1. The highest BCUT2D eigenvalue weighted by Crippen LogP contribution is 2.31. The average molecular weight is 276 g/mol. The zero-order valence-corrected chi connectivity index (χ0v) is 12.3. The van der Waals surface area contributed by atoms with Crippen molar-refractivity contribution in [3.8, 4) is 0 Å². The third kappa shape index (κ3) is 3.21. The van der Waals surface area contributed by atoms with Gasteiger partial charge in [-0.2, -0.15) is 0 Å². The van der Waals surface area contributed by atoms with E-state index in [0.29, 0.717) is 11.7 Å². The predicted octanol–water partition coefficient (Wildman–Crippen LogP) is 2.58. The summed E-state index contributed by atoms with van der Waals surface area (Å²) in [4.78, 5) is 6.41. The molecule has 0 bridgehead atoms. The van der Waals surface area contributed by atoms with Crippen molar-refractivity contribution in [2.24, 2.45) is 16.8 Å². The van der Waals surface area contributed by atoms with Gasteiger partial charge in [0, 0.05) is 25.0 Å². The van der Waals surface area contributed by atoms with Gasteiger partial charge in [0.25, 0.3) is 0 Å². The van der Waals surface area contributed by atoms with Crippen LogP contribution in [0.15, 0.2) is 23.5 Å². The number of hydrogen-bond donors (Lipinski definition) is 2. The Morgan fingerprint density at radius 2 is 2.15 bits per heavy atom. The van der Waals surface area contributed by atoms with Gasteiger partial charge in [0.15, 0.2) is 5.84 Å². The molecule has 0 unspecified atom stereocenters. The minimum Gasteiger partial charge on any atom is -0.409 e. The largest absolute Gasteiger partial charge is 0.409 e. The molecule has 0 saturated heterocycles. The molecule has 1 aromatic rings. The topological polar surface area (TPSA) is 74.7 Å². The fourth-order valence-electron chi connectivity index (χ4n) is 2.98. The van der Waals surface area contributed by atoms with Crippen LogP contribution >= 0.6 is 0 Å². The number of nitrogens with zero attached hydrogens (tertiary/aromatic N) is 3. The van der Waals surface area contributed by atoms with Crippen LogP contribution in [-0.2, 0) is 0 Å². The second-order valence-electron chi connectivity index (χ2n) is 5.58. The van der Waals surface area contributed by atoms with Crippen molar-refractivity contribution in [2.75, 3.05) is 11.9 Å². The molecule has 0 amide bonds. The summed E-state index contributed by atoms with van der Waals surface area (Å²) in [5.74, 6) is 0.944. The predicted molar refractivity (Wildman–Crippen MR) is 81.2 cm³/mol. The van der Waals surface area contributed by atoms with Gasteiger partial charge in [0.05, 0.1) is 0 Å². The normalized spacial score (nSPS) is 23.6. The molecule has 1 heterocycles. The standard InChI is InChI=1S/C15H24N4O/c1-3-11-4-6-12(7-5-11)19(2)13-8-9-17-14(10-13)15(16)18-20/h8-12,20H,3-7H2,1-2H3,(H2,16,18).